The van der Waals surface area contributed by atoms with Crippen LogP contribution in [0, 0.1) is 5.92 Å². The molecule has 0 aromatic heterocycles. The maximum Gasteiger partial charge on any atom is 0.180 e. The number of carbonyl (C=O) groups is 1. The molecule has 0 aliphatic carbocycles. The van der Waals surface area contributed by atoms with E-state index in [1.165, 1.54) is 0 Å². The average Bonchev–Trinajstić information content (AvgIpc) is 2.79. The van der Waals surface area contributed by atoms with Gasteiger partial charge in [0.15, 0.2) is 5.78 Å². The highest BCUT2D eigenvalue weighted by Crippen LogP contribution is 2.22. The largest absolute Gasteiger partial charge is 0.496 e. The smallest absolute Gasteiger partial charge is 0.180 e. The summed E-state index contributed by atoms with van der Waals surface area (Å²) >= 11 is 0. The van der Waals surface area contributed by atoms with Gasteiger partial charge in [0, 0.05) is 19.1 Å². The highest BCUT2D eigenvalue weighted by molar-refractivity contribution is 6.00. The summed E-state index contributed by atoms with van der Waals surface area (Å²) in [5.41, 5.74) is 0.677. The summed E-state index contributed by atoms with van der Waals surface area (Å²) in [5.74, 6) is 1.39. The molecular formula is C16H24N2O2. The Morgan fingerprint density at radius 1 is 1.35 bits per heavy atom. The summed E-state index contributed by atoms with van der Waals surface area (Å²) in [4.78, 5) is 16.9. The molecule has 0 amide bonds. The van der Waals surface area contributed by atoms with Gasteiger partial charge in [0.2, 0.25) is 0 Å². The molecule has 2 rings (SSSR count). The first-order valence-corrected chi connectivity index (χ1v) is 7.08. The number of methoxy groups -OCH3 is 1. The van der Waals surface area contributed by atoms with Crippen molar-refractivity contribution in [3.63, 3.8) is 0 Å². The molecule has 1 saturated heterocycles. The number of likely N-dealkylation sites (tertiary alicyclic amines) is 1. The van der Waals surface area contributed by atoms with Gasteiger partial charge in [0.1, 0.15) is 5.75 Å². The SMILES string of the molecule is COc1ccccc1C(=O)CN1CC(C)C(N(C)C)C1. The molecule has 0 N–H and O–H groups in total. The fraction of sp³-hybridized carbons (Fsp3) is 0.562. The summed E-state index contributed by atoms with van der Waals surface area (Å²) in [7, 11) is 5.81. The number of benzene rings is 1. The van der Waals surface area contributed by atoms with E-state index in [4.69, 9.17) is 4.74 Å². The van der Waals surface area contributed by atoms with Gasteiger partial charge in [0.05, 0.1) is 19.2 Å². The van der Waals surface area contributed by atoms with Crippen LogP contribution in [0.4, 0.5) is 0 Å². The summed E-state index contributed by atoms with van der Waals surface area (Å²) < 4.78 is 5.26. The van der Waals surface area contributed by atoms with Gasteiger partial charge < -0.3 is 9.64 Å². The van der Waals surface area contributed by atoms with E-state index in [2.05, 4.69) is 30.8 Å². The highest BCUT2D eigenvalue weighted by Gasteiger charge is 2.32. The van der Waals surface area contributed by atoms with E-state index in [0.29, 0.717) is 29.8 Å². The molecule has 20 heavy (non-hydrogen) atoms. The molecule has 4 nitrogen and oxygen atoms in total. The second kappa shape index (κ2) is 6.37. The summed E-state index contributed by atoms with van der Waals surface area (Å²) in [6.07, 6.45) is 0. The zero-order chi connectivity index (χ0) is 14.7. The first-order valence-electron chi connectivity index (χ1n) is 7.08. The number of likely N-dealkylation sites (N-methyl/N-ethyl adjacent to an activating group) is 1. The minimum atomic E-state index is 0.133. The fourth-order valence-electron chi connectivity index (χ4n) is 3.01. The normalized spacial score (nSPS) is 23.2. The van der Waals surface area contributed by atoms with E-state index >= 15 is 0 Å². The van der Waals surface area contributed by atoms with Crippen LogP contribution >= 0.6 is 0 Å². The molecule has 4 heteroatoms. The number of hydrogen-bond donors (Lipinski definition) is 0. The predicted octanol–water partition coefficient (Wildman–Crippen LogP) is 1.76. The van der Waals surface area contributed by atoms with Gasteiger partial charge in [-0.2, -0.15) is 0 Å². The zero-order valence-electron chi connectivity index (χ0n) is 12.8. The van der Waals surface area contributed by atoms with Crippen LogP contribution in [0.5, 0.6) is 5.75 Å². The Bertz CT molecular complexity index is 473. The van der Waals surface area contributed by atoms with Gasteiger partial charge in [-0.3, -0.25) is 9.69 Å². The van der Waals surface area contributed by atoms with Gasteiger partial charge in [-0.25, -0.2) is 0 Å². The molecule has 1 aliphatic heterocycles. The quantitative estimate of drug-likeness (QED) is 0.767. The molecule has 0 spiro atoms. The van der Waals surface area contributed by atoms with Crippen LogP contribution in [-0.2, 0) is 0 Å². The molecule has 110 valence electrons. The van der Waals surface area contributed by atoms with Crippen molar-refractivity contribution >= 4 is 5.78 Å². The Hall–Kier alpha value is -1.39. The van der Waals surface area contributed by atoms with Crippen molar-refractivity contribution < 1.29 is 9.53 Å². The van der Waals surface area contributed by atoms with E-state index in [1.807, 2.05) is 24.3 Å². The third-order valence-corrected chi connectivity index (χ3v) is 4.09. The molecule has 2 unspecified atom stereocenters. The van der Waals surface area contributed by atoms with Crippen molar-refractivity contribution in [2.24, 2.45) is 5.92 Å². The van der Waals surface area contributed by atoms with Crippen molar-refractivity contribution in [3.8, 4) is 5.75 Å². The van der Waals surface area contributed by atoms with Crippen LogP contribution in [0.15, 0.2) is 24.3 Å². The predicted molar refractivity (Wildman–Crippen MR) is 80.4 cm³/mol. The third kappa shape index (κ3) is 3.19. The Morgan fingerprint density at radius 2 is 2.05 bits per heavy atom. The van der Waals surface area contributed by atoms with Gasteiger partial charge in [-0.15, -0.1) is 0 Å². The summed E-state index contributed by atoms with van der Waals surface area (Å²) in [6.45, 7) is 4.64. The molecule has 1 aromatic rings. The van der Waals surface area contributed by atoms with Gasteiger partial charge in [-0.1, -0.05) is 19.1 Å². The molecule has 1 aliphatic rings. The van der Waals surface area contributed by atoms with Gasteiger partial charge >= 0.3 is 0 Å². The van der Waals surface area contributed by atoms with Crippen LogP contribution in [-0.4, -0.2) is 62.5 Å². The number of para-hydroxylation sites is 1. The Morgan fingerprint density at radius 3 is 2.65 bits per heavy atom. The number of ether oxygens (including phenoxy) is 1. The second-order valence-corrected chi connectivity index (χ2v) is 5.83. The molecule has 0 saturated carbocycles. The Kier molecular flexibility index (Phi) is 4.78. The molecule has 1 heterocycles. The number of hydrogen-bond acceptors (Lipinski definition) is 4. The maximum absolute atomic E-state index is 12.4. The lowest BCUT2D eigenvalue weighted by atomic mass is 10.1. The number of ketones is 1. The topological polar surface area (TPSA) is 32.8 Å². The van der Waals surface area contributed by atoms with E-state index < -0.39 is 0 Å². The van der Waals surface area contributed by atoms with E-state index in [1.54, 1.807) is 7.11 Å². The second-order valence-electron chi connectivity index (χ2n) is 5.83. The number of nitrogens with zero attached hydrogens (tertiary/aromatic N) is 2. The summed E-state index contributed by atoms with van der Waals surface area (Å²) in [6, 6.07) is 7.97. The van der Waals surface area contributed by atoms with Crippen LogP contribution in [0.2, 0.25) is 0 Å². The Labute approximate surface area is 121 Å². The Balaban J connectivity index is 2.02. The molecule has 0 radical (unpaired) electrons. The lowest BCUT2D eigenvalue weighted by Gasteiger charge is -2.22. The van der Waals surface area contributed by atoms with Crippen molar-refractivity contribution in [1.29, 1.82) is 0 Å². The van der Waals surface area contributed by atoms with Crippen molar-refractivity contribution in [1.82, 2.24) is 9.80 Å². The van der Waals surface area contributed by atoms with Crippen LogP contribution in [0.25, 0.3) is 0 Å². The number of Topliss-reactive ketones (excluding diaryl/α,β-unsaturated/α-hetero) is 1. The lowest BCUT2D eigenvalue weighted by molar-refractivity contribution is 0.0938. The monoisotopic (exact) mass is 276 g/mol. The van der Waals surface area contributed by atoms with E-state index in [9.17, 15) is 4.79 Å². The number of carbonyl (C=O) groups excluding carboxylic acids is 1. The van der Waals surface area contributed by atoms with E-state index in [0.717, 1.165) is 13.1 Å². The minimum Gasteiger partial charge on any atom is -0.496 e. The molecule has 2 atom stereocenters. The fourth-order valence-corrected chi connectivity index (χ4v) is 3.01. The van der Waals surface area contributed by atoms with Crippen molar-refractivity contribution in [3.05, 3.63) is 29.8 Å². The molecular weight excluding hydrogens is 252 g/mol. The van der Waals surface area contributed by atoms with Crippen molar-refractivity contribution in [2.75, 3.05) is 40.8 Å². The van der Waals surface area contributed by atoms with Crippen LogP contribution in [0.3, 0.4) is 0 Å². The van der Waals surface area contributed by atoms with Gasteiger partial charge in [-0.05, 0) is 32.1 Å². The molecule has 1 fully saturated rings. The zero-order valence-corrected chi connectivity index (χ0v) is 12.8. The minimum absolute atomic E-state index is 0.133. The lowest BCUT2D eigenvalue weighted by Crippen LogP contribution is -2.35. The van der Waals surface area contributed by atoms with E-state index in [-0.39, 0.29) is 5.78 Å². The van der Waals surface area contributed by atoms with Crippen molar-refractivity contribution in [2.45, 2.75) is 13.0 Å². The average molecular weight is 276 g/mol. The van der Waals surface area contributed by atoms with Crippen LogP contribution < -0.4 is 4.74 Å². The molecule has 0 bridgehead atoms. The molecule has 1 aromatic carbocycles. The first kappa shape index (κ1) is 15.0. The highest BCUT2D eigenvalue weighted by atomic mass is 16.5. The maximum atomic E-state index is 12.4. The first-order chi connectivity index (χ1) is 9.52. The summed E-state index contributed by atoms with van der Waals surface area (Å²) in [5, 5.41) is 0. The van der Waals surface area contributed by atoms with Gasteiger partial charge in [0.25, 0.3) is 0 Å². The standard InChI is InChI=1S/C16H24N2O2/c1-12-9-18(10-14(12)17(2)3)11-15(19)13-7-5-6-8-16(13)20-4/h5-8,12,14H,9-11H2,1-4H3. The van der Waals surface area contributed by atoms with Crippen LogP contribution in [0.1, 0.15) is 17.3 Å². The third-order valence-electron chi connectivity index (χ3n) is 4.09. The number of rotatable bonds is 5.